The minimum atomic E-state index is -0.0832. The summed E-state index contributed by atoms with van der Waals surface area (Å²) in [6.07, 6.45) is 3.21. The molecule has 2 aromatic rings. The number of aryl methyl sites for hydroxylation is 1. The number of nitrogens with one attached hydrogen (secondary N) is 1. The number of nitrogens with zero attached hydrogens (tertiary/aromatic N) is 3. The van der Waals surface area contributed by atoms with Crippen molar-refractivity contribution in [3.05, 3.63) is 30.2 Å². The van der Waals surface area contributed by atoms with Gasteiger partial charge in [-0.05, 0) is 37.1 Å². The predicted molar refractivity (Wildman–Crippen MR) is 90.9 cm³/mol. The van der Waals surface area contributed by atoms with Crippen molar-refractivity contribution in [1.29, 1.82) is 0 Å². The first kappa shape index (κ1) is 15.9. The minimum absolute atomic E-state index is 0.0832. The Kier molecular flexibility index (Phi) is 5.17. The summed E-state index contributed by atoms with van der Waals surface area (Å²) >= 11 is 1.25. The van der Waals surface area contributed by atoms with Crippen molar-refractivity contribution >= 4 is 29.0 Å². The van der Waals surface area contributed by atoms with Gasteiger partial charge in [0.2, 0.25) is 11.8 Å². The van der Waals surface area contributed by atoms with Gasteiger partial charge < -0.3 is 14.6 Å². The van der Waals surface area contributed by atoms with Gasteiger partial charge in [0.1, 0.15) is 0 Å². The molecule has 3 rings (SSSR count). The topological polar surface area (TPSA) is 71.3 Å². The summed E-state index contributed by atoms with van der Waals surface area (Å²) < 4.78 is 5.36. The third kappa shape index (κ3) is 4.25. The second-order valence-corrected chi connectivity index (χ2v) is 6.32. The molecule has 0 radical (unpaired) electrons. The average molecular weight is 332 g/mol. The monoisotopic (exact) mass is 332 g/mol. The number of hydrogen-bond acceptors (Lipinski definition) is 6. The van der Waals surface area contributed by atoms with Crippen LogP contribution in [0.3, 0.4) is 0 Å². The lowest BCUT2D eigenvalue weighted by molar-refractivity contribution is -0.113. The molecule has 0 spiro atoms. The van der Waals surface area contributed by atoms with Crippen LogP contribution in [-0.4, -0.2) is 34.9 Å². The van der Waals surface area contributed by atoms with Gasteiger partial charge >= 0.3 is 0 Å². The standard InChI is InChI=1S/C16H20N4O2S/c1-2-15-18-19-16(22-15)23-11-14(21)17-12-5-7-13(8-6-12)20-9-3-4-10-20/h5-8H,2-4,9-11H2,1H3,(H,17,21). The van der Waals surface area contributed by atoms with Crippen LogP contribution in [0.1, 0.15) is 25.7 Å². The van der Waals surface area contributed by atoms with E-state index in [0.717, 1.165) is 18.8 Å². The van der Waals surface area contributed by atoms with E-state index in [4.69, 9.17) is 4.42 Å². The molecule has 23 heavy (non-hydrogen) atoms. The molecule has 1 aromatic heterocycles. The van der Waals surface area contributed by atoms with Gasteiger partial charge in [0.15, 0.2) is 0 Å². The van der Waals surface area contributed by atoms with Gasteiger partial charge in [-0.15, -0.1) is 10.2 Å². The Hall–Kier alpha value is -2.02. The lowest BCUT2D eigenvalue weighted by Crippen LogP contribution is -2.18. The lowest BCUT2D eigenvalue weighted by atomic mass is 10.2. The van der Waals surface area contributed by atoms with Crippen LogP contribution >= 0.6 is 11.8 Å². The number of hydrogen-bond donors (Lipinski definition) is 1. The van der Waals surface area contributed by atoms with Crippen LogP contribution in [0.15, 0.2) is 33.9 Å². The molecule has 1 amide bonds. The van der Waals surface area contributed by atoms with Crippen LogP contribution < -0.4 is 10.2 Å². The smallest absolute Gasteiger partial charge is 0.277 e. The van der Waals surface area contributed by atoms with Crippen molar-refractivity contribution in [3.8, 4) is 0 Å². The van der Waals surface area contributed by atoms with E-state index in [-0.39, 0.29) is 11.7 Å². The van der Waals surface area contributed by atoms with Gasteiger partial charge in [0, 0.05) is 30.9 Å². The highest BCUT2D eigenvalue weighted by Crippen LogP contribution is 2.22. The number of thioether (sulfide) groups is 1. The van der Waals surface area contributed by atoms with Gasteiger partial charge in [-0.1, -0.05) is 18.7 Å². The van der Waals surface area contributed by atoms with Crippen LogP contribution in [0.5, 0.6) is 0 Å². The molecule has 1 aliphatic heterocycles. The first-order valence-electron chi connectivity index (χ1n) is 7.84. The highest BCUT2D eigenvalue weighted by atomic mass is 32.2. The molecule has 1 saturated heterocycles. The molecule has 1 aliphatic rings. The first-order valence-corrected chi connectivity index (χ1v) is 8.83. The molecule has 0 unspecified atom stereocenters. The molecule has 1 fully saturated rings. The molecule has 2 heterocycles. The number of carbonyl (C=O) groups excluding carboxylic acids is 1. The Morgan fingerprint density at radius 3 is 2.65 bits per heavy atom. The van der Waals surface area contributed by atoms with Gasteiger partial charge in [-0.25, -0.2) is 0 Å². The number of benzene rings is 1. The largest absolute Gasteiger partial charge is 0.416 e. The summed E-state index contributed by atoms with van der Waals surface area (Å²) in [5, 5.41) is 11.1. The molecule has 7 heteroatoms. The Labute approximate surface area is 139 Å². The number of amides is 1. The first-order chi connectivity index (χ1) is 11.2. The van der Waals surface area contributed by atoms with Crippen LogP contribution in [0.2, 0.25) is 0 Å². The SMILES string of the molecule is CCc1nnc(SCC(=O)Nc2ccc(N3CCCC3)cc2)o1. The van der Waals surface area contributed by atoms with E-state index in [1.54, 1.807) is 0 Å². The van der Waals surface area contributed by atoms with E-state index < -0.39 is 0 Å². The maximum Gasteiger partial charge on any atom is 0.277 e. The predicted octanol–water partition coefficient (Wildman–Crippen LogP) is 2.96. The number of carbonyl (C=O) groups is 1. The maximum atomic E-state index is 12.0. The highest BCUT2D eigenvalue weighted by molar-refractivity contribution is 7.99. The molecular weight excluding hydrogens is 312 g/mol. The minimum Gasteiger partial charge on any atom is -0.416 e. The summed E-state index contributed by atoms with van der Waals surface area (Å²) in [5.74, 6) is 0.754. The molecule has 1 N–H and O–H groups in total. The molecule has 0 atom stereocenters. The van der Waals surface area contributed by atoms with Crippen LogP contribution in [0, 0.1) is 0 Å². The maximum absolute atomic E-state index is 12.0. The quantitative estimate of drug-likeness (QED) is 0.820. The molecule has 0 aliphatic carbocycles. The zero-order valence-electron chi connectivity index (χ0n) is 13.1. The van der Waals surface area contributed by atoms with E-state index in [1.807, 2.05) is 19.1 Å². The summed E-state index contributed by atoms with van der Waals surface area (Å²) in [6, 6.07) is 8.00. The Morgan fingerprint density at radius 2 is 2.00 bits per heavy atom. The lowest BCUT2D eigenvalue weighted by Gasteiger charge is -2.17. The van der Waals surface area contributed by atoms with E-state index in [0.29, 0.717) is 17.5 Å². The van der Waals surface area contributed by atoms with Crippen molar-refractivity contribution in [2.45, 2.75) is 31.4 Å². The summed E-state index contributed by atoms with van der Waals surface area (Å²) in [5.41, 5.74) is 2.02. The molecule has 122 valence electrons. The molecule has 6 nitrogen and oxygen atoms in total. The molecular formula is C16H20N4O2S. The van der Waals surface area contributed by atoms with E-state index in [9.17, 15) is 4.79 Å². The Balaban J connectivity index is 1.49. The van der Waals surface area contributed by atoms with Crippen molar-refractivity contribution in [2.24, 2.45) is 0 Å². The number of aromatic nitrogens is 2. The van der Waals surface area contributed by atoms with Gasteiger partial charge in [-0.3, -0.25) is 4.79 Å². The third-order valence-electron chi connectivity index (χ3n) is 3.70. The van der Waals surface area contributed by atoms with E-state index >= 15 is 0 Å². The fourth-order valence-electron chi connectivity index (χ4n) is 2.49. The number of rotatable bonds is 6. The molecule has 1 aromatic carbocycles. The summed E-state index contributed by atoms with van der Waals surface area (Å²) in [7, 11) is 0. The van der Waals surface area contributed by atoms with Crippen molar-refractivity contribution in [1.82, 2.24) is 10.2 Å². The molecule has 0 bridgehead atoms. The normalized spacial score (nSPS) is 14.2. The average Bonchev–Trinajstić information content (AvgIpc) is 3.25. The molecule has 0 saturated carbocycles. The van der Waals surface area contributed by atoms with Gasteiger partial charge in [0.25, 0.3) is 5.22 Å². The Morgan fingerprint density at radius 1 is 1.26 bits per heavy atom. The van der Waals surface area contributed by atoms with Crippen LogP contribution in [0.25, 0.3) is 0 Å². The van der Waals surface area contributed by atoms with E-state index in [2.05, 4.69) is 32.5 Å². The van der Waals surface area contributed by atoms with Crippen molar-refractivity contribution < 1.29 is 9.21 Å². The summed E-state index contributed by atoms with van der Waals surface area (Å²) in [6.45, 7) is 4.18. The fraction of sp³-hybridized carbons (Fsp3) is 0.438. The van der Waals surface area contributed by atoms with Crippen molar-refractivity contribution in [3.63, 3.8) is 0 Å². The highest BCUT2D eigenvalue weighted by Gasteiger charge is 2.12. The van der Waals surface area contributed by atoms with Gasteiger partial charge in [-0.2, -0.15) is 0 Å². The summed E-state index contributed by atoms with van der Waals surface area (Å²) in [4.78, 5) is 14.3. The van der Waals surface area contributed by atoms with E-state index in [1.165, 1.54) is 30.3 Å². The third-order valence-corrected chi connectivity index (χ3v) is 4.52. The van der Waals surface area contributed by atoms with Crippen molar-refractivity contribution in [2.75, 3.05) is 29.1 Å². The zero-order valence-corrected chi connectivity index (χ0v) is 13.9. The second-order valence-electron chi connectivity index (χ2n) is 5.39. The van der Waals surface area contributed by atoms with Gasteiger partial charge in [0.05, 0.1) is 5.75 Å². The van der Waals surface area contributed by atoms with Crippen LogP contribution in [-0.2, 0) is 11.2 Å². The zero-order chi connectivity index (χ0) is 16.1. The fourth-order valence-corrected chi connectivity index (χ4v) is 3.08. The number of anilines is 2. The van der Waals surface area contributed by atoms with Crippen LogP contribution in [0.4, 0.5) is 11.4 Å². The second kappa shape index (κ2) is 7.50. The Bertz CT molecular complexity index is 650.